The predicted octanol–water partition coefficient (Wildman–Crippen LogP) is 1.89. The van der Waals surface area contributed by atoms with E-state index >= 15 is 0 Å². The second-order valence-electron chi connectivity index (χ2n) is 4.67. The monoisotopic (exact) mass is 250 g/mol. The molecule has 1 aromatic heterocycles. The van der Waals surface area contributed by atoms with Crippen LogP contribution in [-0.4, -0.2) is 41.0 Å². The van der Waals surface area contributed by atoms with Crippen LogP contribution in [0.4, 0.5) is 11.5 Å². The van der Waals surface area contributed by atoms with Crippen molar-refractivity contribution in [1.82, 2.24) is 9.88 Å². The molecule has 1 unspecified atom stereocenters. The number of hydrogen-bond acceptors (Lipinski definition) is 5. The Hall–Kier alpha value is -1.69. The first-order valence-corrected chi connectivity index (χ1v) is 6.21. The van der Waals surface area contributed by atoms with Crippen LogP contribution in [0.2, 0.25) is 0 Å². The molecule has 0 bridgehead atoms. The summed E-state index contributed by atoms with van der Waals surface area (Å²) >= 11 is 0. The molecular formula is C12H18N4O2. The molecule has 2 rings (SSSR count). The summed E-state index contributed by atoms with van der Waals surface area (Å²) in [7, 11) is 2.14. The molecule has 1 saturated heterocycles. The van der Waals surface area contributed by atoms with Crippen LogP contribution >= 0.6 is 0 Å². The molecule has 1 aliphatic rings. The van der Waals surface area contributed by atoms with Gasteiger partial charge in [0.05, 0.1) is 5.69 Å². The first-order chi connectivity index (χ1) is 8.66. The number of rotatable bonds is 4. The van der Waals surface area contributed by atoms with E-state index in [0.717, 1.165) is 18.8 Å². The number of likely N-dealkylation sites (N-methyl/N-ethyl adjacent to an activating group) is 1. The molecule has 18 heavy (non-hydrogen) atoms. The smallest absolute Gasteiger partial charge is 0.363 e. The molecule has 1 atom stereocenters. The van der Waals surface area contributed by atoms with Crippen molar-refractivity contribution >= 4 is 11.5 Å². The molecule has 0 amide bonds. The maximum Gasteiger partial charge on any atom is 0.363 e. The minimum Gasteiger partial charge on any atom is -0.380 e. The van der Waals surface area contributed by atoms with Crippen LogP contribution in [0, 0.1) is 10.1 Å². The molecule has 1 aliphatic heterocycles. The lowest BCUT2D eigenvalue weighted by atomic mass is 10.0. The standard InChI is InChI=1S/C12H18N4O2/c1-15-7-3-2-4-11(15)9-13-10-5-6-12(14-8-10)16(17)18/h5-6,8,11,13H,2-4,7,9H2,1H3. The minimum atomic E-state index is -0.487. The fourth-order valence-corrected chi connectivity index (χ4v) is 2.24. The predicted molar refractivity (Wildman–Crippen MR) is 69.7 cm³/mol. The van der Waals surface area contributed by atoms with Crippen molar-refractivity contribution in [2.75, 3.05) is 25.5 Å². The summed E-state index contributed by atoms with van der Waals surface area (Å²) in [5.74, 6) is -0.115. The highest BCUT2D eigenvalue weighted by atomic mass is 16.6. The van der Waals surface area contributed by atoms with Gasteiger partial charge in [0.25, 0.3) is 0 Å². The quantitative estimate of drug-likeness (QED) is 0.652. The Morgan fingerprint density at radius 2 is 2.39 bits per heavy atom. The Labute approximate surface area is 106 Å². The molecule has 6 heteroatoms. The lowest BCUT2D eigenvalue weighted by molar-refractivity contribution is -0.389. The summed E-state index contributed by atoms with van der Waals surface area (Å²) < 4.78 is 0. The lowest BCUT2D eigenvalue weighted by Gasteiger charge is -2.32. The third kappa shape index (κ3) is 3.16. The van der Waals surface area contributed by atoms with E-state index in [9.17, 15) is 10.1 Å². The second kappa shape index (κ2) is 5.77. The summed E-state index contributed by atoms with van der Waals surface area (Å²) in [5, 5.41) is 13.8. The Morgan fingerprint density at radius 1 is 1.56 bits per heavy atom. The normalized spacial score (nSPS) is 20.6. The first-order valence-electron chi connectivity index (χ1n) is 6.21. The number of nitrogens with zero attached hydrogens (tertiary/aromatic N) is 3. The van der Waals surface area contributed by atoms with E-state index in [1.54, 1.807) is 6.07 Å². The van der Waals surface area contributed by atoms with Crippen LogP contribution < -0.4 is 5.32 Å². The molecule has 1 aromatic rings. The Bertz CT molecular complexity index is 407. The summed E-state index contributed by atoms with van der Waals surface area (Å²) in [5.41, 5.74) is 0.833. The van der Waals surface area contributed by atoms with Gasteiger partial charge < -0.3 is 20.3 Å². The number of pyridine rings is 1. The third-order valence-corrected chi connectivity index (χ3v) is 3.40. The van der Waals surface area contributed by atoms with E-state index < -0.39 is 4.92 Å². The SMILES string of the molecule is CN1CCCCC1CNc1ccc([N+](=O)[O-])nc1. The average Bonchev–Trinajstić information content (AvgIpc) is 2.38. The Kier molecular flexibility index (Phi) is 4.09. The summed E-state index contributed by atoms with van der Waals surface area (Å²) in [4.78, 5) is 16.1. The average molecular weight is 250 g/mol. The van der Waals surface area contributed by atoms with Gasteiger partial charge in [-0.05, 0) is 42.4 Å². The zero-order valence-electron chi connectivity index (χ0n) is 10.5. The molecule has 1 N–H and O–H groups in total. The number of hydrogen-bond donors (Lipinski definition) is 1. The van der Waals surface area contributed by atoms with E-state index in [0.29, 0.717) is 6.04 Å². The highest BCUT2D eigenvalue weighted by Gasteiger charge is 2.18. The van der Waals surface area contributed by atoms with E-state index in [-0.39, 0.29) is 5.82 Å². The number of anilines is 1. The van der Waals surface area contributed by atoms with E-state index in [1.165, 1.54) is 31.5 Å². The van der Waals surface area contributed by atoms with Crippen LogP contribution in [0.5, 0.6) is 0 Å². The maximum absolute atomic E-state index is 10.5. The van der Waals surface area contributed by atoms with E-state index in [1.807, 2.05) is 0 Å². The van der Waals surface area contributed by atoms with Gasteiger partial charge in [-0.1, -0.05) is 6.42 Å². The molecule has 0 radical (unpaired) electrons. The Morgan fingerprint density at radius 3 is 3.00 bits per heavy atom. The fraction of sp³-hybridized carbons (Fsp3) is 0.583. The topological polar surface area (TPSA) is 71.3 Å². The number of likely N-dealkylation sites (tertiary alicyclic amines) is 1. The van der Waals surface area contributed by atoms with E-state index in [2.05, 4.69) is 22.2 Å². The van der Waals surface area contributed by atoms with Crippen molar-refractivity contribution in [3.63, 3.8) is 0 Å². The van der Waals surface area contributed by atoms with Gasteiger partial charge in [-0.2, -0.15) is 0 Å². The second-order valence-corrected chi connectivity index (χ2v) is 4.67. The fourth-order valence-electron chi connectivity index (χ4n) is 2.24. The van der Waals surface area contributed by atoms with Crippen molar-refractivity contribution in [1.29, 1.82) is 0 Å². The van der Waals surface area contributed by atoms with Crippen LogP contribution in [0.3, 0.4) is 0 Å². The highest BCUT2D eigenvalue weighted by molar-refractivity contribution is 5.43. The van der Waals surface area contributed by atoms with Crippen LogP contribution in [0.25, 0.3) is 0 Å². The number of piperidine rings is 1. The van der Waals surface area contributed by atoms with Gasteiger partial charge >= 0.3 is 5.82 Å². The van der Waals surface area contributed by atoms with Crippen molar-refractivity contribution in [2.24, 2.45) is 0 Å². The van der Waals surface area contributed by atoms with Gasteiger partial charge in [-0.3, -0.25) is 0 Å². The molecule has 0 aromatic carbocycles. The number of nitro groups is 1. The molecule has 0 spiro atoms. The third-order valence-electron chi connectivity index (χ3n) is 3.40. The molecule has 0 saturated carbocycles. The van der Waals surface area contributed by atoms with Gasteiger partial charge in [0, 0.05) is 18.7 Å². The molecule has 98 valence electrons. The summed E-state index contributed by atoms with van der Waals surface area (Å²) in [6.45, 7) is 2.00. The zero-order chi connectivity index (χ0) is 13.0. The van der Waals surface area contributed by atoms with Crippen LogP contribution in [0.1, 0.15) is 19.3 Å². The van der Waals surface area contributed by atoms with Gasteiger partial charge in [0.1, 0.15) is 0 Å². The van der Waals surface area contributed by atoms with Crippen LogP contribution in [0.15, 0.2) is 18.3 Å². The van der Waals surface area contributed by atoms with Gasteiger partial charge in [0.15, 0.2) is 6.20 Å². The number of nitrogens with one attached hydrogen (secondary N) is 1. The number of aromatic nitrogens is 1. The van der Waals surface area contributed by atoms with Crippen molar-refractivity contribution < 1.29 is 4.92 Å². The molecule has 6 nitrogen and oxygen atoms in total. The van der Waals surface area contributed by atoms with Crippen molar-refractivity contribution in [3.05, 3.63) is 28.4 Å². The Balaban J connectivity index is 1.87. The molecule has 1 fully saturated rings. The summed E-state index contributed by atoms with van der Waals surface area (Å²) in [6, 6.07) is 3.66. The molecule has 2 heterocycles. The van der Waals surface area contributed by atoms with Gasteiger partial charge in [-0.25, -0.2) is 0 Å². The molecular weight excluding hydrogens is 232 g/mol. The summed E-state index contributed by atoms with van der Waals surface area (Å²) in [6.07, 6.45) is 5.26. The van der Waals surface area contributed by atoms with Gasteiger partial charge in [-0.15, -0.1) is 0 Å². The molecule has 0 aliphatic carbocycles. The minimum absolute atomic E-state index is 0.115. The maximum atomic E-state index is 10.5. The largest absolute Gasteiger partial charge is 0.380 e. The first kappa shape index (κ1) is 12.8. The van der Waals surface area contributed by atoms with E-state index in [4.69, 9.17) is 0 Å². The van der Waals surface area contributed by atoms with Crippen molar-refractivity contribution in [3.8, 4) is 0 Å². The zero-order valence-corrected chi connectivity index (χ0v) is 10.5. The van der Waals surface area contributed by atoms with Crippen LogP contribution in [-0.2, 0) is 0 Å². The van der Waals surface area contributed by atoms with Crippen molar-refractivity contribution in [2.45, 2.75) is 25.3 Å². The lowest BCUT2D eigenvalue weighted by Crippen LogP contribution is -2.40. The highest BCUT2D eigenvalue weighted by Crippen LogP contribution is 2.16. The van der Waals surface area contributed by atoms with Gasteiger partial charge in [0.2, 0.25) is 0 Å².